The van der Waals surface area contributed by atoms with E-state index < -0.39 is 18.0 Å². The van der Waals surface area contributed by atoms with Crippen LogP contribution in [-0.4, -0.2) is 39.7 Å². The third-order valence-corrected chi connectivity index (χ3v) is 5.33. The van der Waals surface area contributed by atoms with Gasteiger partial charge in [-0.15, -0.1) is 13.2 Å². The highest BCUT2D eigenvalue weighted by Gasteiger charge is 2.32. The Morgan fingerprint density at radius 2 is 1.86 bits per heavy atom. The lowest BCUT2D eigenvalue weighted by atomic mass is 10.1. The average Bonchev–Trinajstić information content (AvgIpc) is 3.56. The Bertz CT molecular complexity index is 1230. The van der Waals surface area contributed by atoms with Crippen molar-refractivity contribution >= 4 is 17.6 Å². The van der Waals surface area contributed by atoms with E-state index in [4.69, 9.17) is 0 Å². The van der Waals surface area contributed by atoms with Crippen molar-refractivity contribution in [2.24, 2.45) is 0 Å². The quantitative estimate of drug-likeness (QED) is 0.394. The van der Waals surface area contributed by atoms with Gasteiger partial charge in [-0.3, -0.25) is 4.79 Å². The van der Waals surface area contributed by atoms with Crippen molar-refractivity contribution in [1.82, 2.24) is 15.1 Å². The van der Waals surface area contributed by atoms with Crippen LogP contribution in [0.15, 0.2) is 48.5 Å². The Morgan fingerprint density at radius 3 is 2.49 bits per heavy atom. The van der Waals surface area contributed by atoms with Gasteiger partial charge in [0.15, 0.2) is 0 Å². The summed E-state index contributed by atoms with van der Waals surface area (Å²) in [4.78, 5) is 25.1. The fourth-order valence-corrected chi connectivity index (χ4v) is 3.50. The summed E-state index contributed by atoms with van der Waals surface area (Å²) >= 11 is 0. The van der Waals surface area contributed by atoms with Gasteiger partial charge in [0, 0.05) is 29.3 Å². The molecule has 4 rings (SSSR count). The standard InChI is InChI=1S/C24H23F3N4O4/c1-2-11-28-23(34)31-20(14-3-4-14)13-19(30-31)18-12-16(7-10-21(18)32)29-22(33)15-5-8-17(9-6-15)35-24(25,26)27/h5-10,12-14,32H,2-4,11H2,1H3,(H,28,34)(H,29,33). The number of alkyl halides is 3. The summed E-state index contributed by atoms with van der Waals surface area (Å²) < 4.78 is 42.1. The van der Waals surface area contributed by atoms with E-state index in [-0.39, 0.29) is 23.3 Å². The molecule has 1 aliphatic carbocycles. The topological polar surface area (TPSA) is 105 Å². The summed E-state index contributed by atoms with van der Waals surface area (Å²) in [5.74, 6) is -0.870. The van der Waals surface area contributed by atoms with Gasteiger partial charge < -0.3 is 20.5 Å². The van der Waals surface area contributed by atoms with Crippen molar-refractivity contribution in [3.05, 3.63) is 59.8 Å². The molecule has 1 aromatic heterocycles. The number of ether oxygens (including phenoxy) is 1. The van der Waals surface area contributed by atoms with E-state index in [0.29, 0.717) is 23.5 Å². The first-order chi connectivity index (χ1) is 16.6. The van der Waals surface area contributed by atoms with Crippen LogP contribution in [0.1, 0.15) is 48.2 Å². The van der Waals surface area contributed by atoms with E-state index in [9.17, 15) is 27.9 Å². The molecule has 35 heavy (non-hydrogen) atoms. The molecular weight excluding hydrogens is 465 g/mol. The zero-order valence-electron chi connectivity index (χ0n) is 18.7. The Labute approximate surface area is 198 Å². The van der Waals surface area contributed by atoms with Crippen molar-refractivity contribution in [2.75, 3.05) is 11.9 Å². The minimum absolute atomic E-state index is 0.0855. The van der Waals surface area contributed by atoms with Crippen LogP contribution in [0.2, 0.25) is 0 Å². The highest BCUT2D eigenvalue weighted by molar-refractivity contribution is 6.04. The highest BCUT2D eigenvalue weighted by Crippen LogP contribution is 2.42. The van der Waals surface area contributed by atoms with Crippen LogP contribution in [0.5, 0.6) is 11.5 Å². The summed E-state index contributed by atoms with van der Waals surface area (Å²) in [5, 5.41) is 20.3. The number of nitrogens with zero attached hydrogens (tertiary/aromatic N) is 2. The van der Waals surface area contributed by atoms with Gasteiger partial charge in [-0.25, -0.2) is 4.79 Å². The maximum Gasteiger partial charge on any atom is 0.573 e. The zero-order chi connectivity index (χ0) is 25.2. The molecule has 0 radical (unpaired) electrons. The molecule has 8 nitrogen and oxygen atoms in total. The average molecular weight is 488 g/mol. The number of benzene rings is 2. The summed E-state index contributed by atoms with van der Waals surface area (Å²) in [7, 11) is 0. The Hall–Kier alpha value is -4.02. The van der Waals surface area contributed by atoms with Crippen LogP contribution in [0, 0.1) is 0 Å². The third-order valence-electron chi connectivity index (χ3n) is 5.33. The van der Waals surface area contributed by atoms with Gasteiger partial charge in [-0.05, 0) is 67.8 Å². The van der Waals surface area contributed by atoms with E-state index in [2.05, 4.69) is 20.5 Å². The molecule has 1 fully saturated rings. The summed E-state index contributed by atoms with van der Waals surface area (Å²) in [5.41, 5.74) is 1.89. The normalized spacial score (nSPS) is 13.4. The smallest absolute Gasteiger partial charge is 0.507 e. The largest absolute Gasteiger partial charge is 0.573 e. The first-order valence-electron chi connectivity index (χ1n) is 11.0. The predicted molar refractivity (Wildman–Crippen MR) is 121 cm³/mol. The molecule has 0 atom stereocenters. The number of carbonyl (C=O) groups excluding carboxylic acids is 2. The SMILES string of the molecule is CCCNC(=O)n1nc(-c2cc(NC(=O)c3ccc(OC(F)(F)F)cc3)ccc2O)cc1C1CC1. The molecule has 0 aliphatic heterocycles. The molecule has 0 unspecified atom stereocenters. The number of nitrogens with one attached hydrogen (secondary N) is 2. The van der Waals surface area contributed by atoms with Crippen LogP contribution in [0.3, 0.4) is 0 Å². The number of halogens is 3. The molecule has 3 N–H and O–H groups in total. The monoisotopic (exact) mass is 488 g/mol. The second kappa shape index (κ2) is 9.69. The van der Waals surface area contributed by atoms with E-state index in [1.54, 1.807) is 6.07 Å². The number of hydrogen-bond donors (Lipinski definition) is 3. The highest BCUT2D eigenvalue weighted by atomic mass is 19.4. The van der Waals surface area contributed by atoms with Crippen molar-refractivity contribution in [1.29, 1.82) is 0 Å². The van der Waals surface area contributed by atoms with Gasteiger partial charge in [0.25, 0.3) is 5.91 Å². The van der Waals surface area contributed by atoms with Crippen molar-refractivity contribution in [3.8, 4) is 22.8 Å². The van der Waals surface area contributed by atoms with Crippen LogP contribution in [0.25, 0.3) is 11.3 Å². The lowest BCUT2D eigenvalue weighted by Crippen LogP contribution is -2.31. The minimum atomic E-state index is -4.82. The number of aromatic nitrogens is 2. The summed E-state index contributed by atoms with van der Waals surface area (Å²) in [6.07, 6.45) is -2.16. The lowest BCUT2D eigenvalue weighted by Gasteiger charge is -2.10. The van der Waals surface area contributed by atoms with Crippen molar-refractivity contribution in [2.45, 2.75) is 38.5 Å². The van der Waals surface area contributed by atoms with Gasteiger partial charge in [-0.1, -0.05) is 6.92 Å². The number of aromatic hydroxyl groups is 1. The third kappa shape index (κ3) is 5.92. The van der Waals surface area contributed by atoms with Crippen LogP contribution >= 0.6 is 0 Å². The van der Waals surface area contributed by atoms with E-state index >= 15 is 0 Å². The number of phenolic OH excluding ortho intramolecular Hbond substituents is 1. The first-order valence-corrected chi connectivity index (χ1v) is 11.0. The molecule has 184 valence electrons. The van der Waals surface area contributed by atoms with Crippen molar-refractivity contribution < 1.29 is 32.6 Å². The summed E-state index contributed by atoms with van der Waals surface area (Å²) in [6, 6.07) is 10.3. The lowest BCUT2D eigenvalue weighted by molar-refractivity contribution is -0.274. The second-order valence-corrected chi connectivity index (χ2v) is 8.13. The molecule has 1 saturated carbocycles. The van der Waals surface area contributed by atoms with Gasteiger partial charge in [-0.2, -0.15) is 9.78 Å². The second-order valence-electron chi connectivity index (χ2n) is 8.13. The Kier molecular flexibility index (Phi) is 6.68. The molecule has 11 heteroatoms. The number of rotatable bonds is 7. The molecule has 0 spiro atoms. The molecule has 2 amide bonds. The zero-order valence-corrected chi connectivity index (χ0v) is 18.7. The predicted octanol–water partition coefficient (Wildman–Crippen LogP) is 5.25. The van der Waals surface area contributed by atoms with Crippen LogP contribution in [0.4, 0.5) is 23.7 Å². The summed E-state index contributed by atoms with van der Waals surface area (Å²) in [6.45, 7) is 2.45. The van der Waals surface area contributed by atoms with Crippen molar-refractivity contribution in [3.63, 3.8) is 0 Å². The number of carbonyl (C=O) groups is 2. The van der Waals surface area contributed by atoms with Crippen LogP contribution in [-0.2, 0) is 0 Å². The van der Waals surface area contributed by atoms with Gasteiger partial charge in [0.05, 0.1) is 11.4 Å². The molecule has 1 heterocycles. The van der Waals surface area contributed by atoms with Gasteiger partial charge in [0.1, 0.15) is 11.5 Å². The maximum absolute atomic E-state index is 12.6. The number of anilines is 1. The number of phenols is 1. The Morgan fingerprint density at radius 1 is 1.14 bits per heavy atom. The van der Waals surface area contributed by atoms with Gasteiger partial charge >= 0.3 is 12.4 Å². The molecule has 3 aromatic rings. The first kappa shape index (κ1) is 24.1. The molecule has 2 aromatic carbocycles. The minimum Gasteiger partial charge on any atom is -0.507 e. The molecule has 0 bridgehead atoms. The fourth-order valence-electron chi connectivity index (χ4n) is 3.50. The van der Waals surface area contributed by atoms with E-state index in [1.165, 1.54) is 35.0 Å². The van der Waals surface area contributed by atoms with E-state index in [1.807, 2.05) is 6.92 Å². The molecule has 0 saturated heterocycles. The number of hydrogen-bond acceptors (Lipinski definition) is 5. The molecular formula is C24H23F3N4O4. The van der Waals surface area contributed by atoms with Crippen LogP contribution < -0.4 is 15.4 Å². The van der Waals surface area contributed by atoms with Gasteiger partial charge in [0.2, 0.25) is 0 Å². The fraction of sp³-hybridized carbons (Fsp3) is 0.292. The maximum atomic E-state index is 12.6. The van der Waals surface area contributed by atoms with E-state index in [0.717, 1.165) is 37.1 Å². The Balaban J connectivity index is 1.54. The number of amides is 2. The molecule has 1 aliphatic rings.